The molecule has 0 bridgehead atoms. The molecule has 2 aliphatic heterocycles. The maximum Gasteiger partial charge on any atom is 0.229 e. The predicted molar refractivity (Wildman–Crippen MR) is 131 cm³/mol. The van der Waals surface area contributed by atoms with Crippen molar-refractivity contribution in [2.45, 2.75) is 6.42 Å². The van der Waals surface area contributed by atoms with Gasteiger partial charge in [-0.15, -0.1) is 0 Å². The molecule has 9 nitrogen and oxygen atoms in total. The van der Waals surface area contributed by atoms with Crippen LogP contribution in [0.25, 0.3) is 10.2 Å². The van der Waals surface area contributed by atoms with E-state index in [1.54, 1.807) is 48.7 Å². The highest BCUT2D eigenvalue weighted by Gasteiger charge is 2.36. The topological polar surface area (TPSA) is 93.2 Å². The smallest absolute Gasteiger partial charge is 0.229 e. The van der Waals surface area contributed by atoms with Crippen molar-refractivity contribution >= 4 is 49.9 Å². The van der Waals surface area contributed by atoms with Gasteiger partial charge >= 0.3 is 0 Å². The normalized spacial score (nSPS) is 18.4. The van der Waals surface area contributed by atoms with Gasteiger partial charge in [0.05, 0.1) is 49.3 Å². The highest BCUT2D eigenvalue weighted by Crippen LogP contribution is 2.36. The largest absolute Gasteiger partial charge is 0.497 e. The molecule has 0 aliphatic carbocycles. The van der Waals surface area contributed by atoms with Crippen molar-refractivity contribution in [1.82, 2.24) is 4.98 Å². The van der Waals surface area contributed by atoms with E-state index < -0.39 is 5.92 Å². The molecule has 2 amide bonds. The summed E-state index contributed by atoms with van der Waals surface area (Å²) in [6.45, 7) is 3.34. The molecule has 2 aliphatic rings. The van der Waals surface area contributed by atoms with Gasteiger partial charge in [-0.05, 0) is 30.3 Å². The number of ether oxygens (including phenoxy) is 3. The summed E-state index contributed by atoms with van der Waals surface area (Å²) in [5, 5.41) is 3.94. The number of nitrogens with zero attached hydrogens (tertiary/aromatic N) is 3. The van der Waals surface area contributed by atoms with Crippen LogP contribution >= 0.6 is 11.3 Å². The molecule has 2 fully saturated rings. The number of hydrogen-bond donors (Lipinski definition) is 1. The Morgan fingerprint density at radius 1 is 1.15 bits per heavy atom. The summed E-state index contributed by atoms with van der Waals surface area (Å²) in [6.07, 6.45) is 0.135. The second-order valence-electron chi connectivity index (χ2n) is 8.21. The third-order valence-corrected chi connectivity index (χ3v) is 7.18. The number of amides is 2. The van der Waals surface area contributed by atoms with E-state index in [4.69, 9.17) is 19.2 Å². The van der Waals surface area contributed by atoms with Crippen LogP contribution in [0.4, 0.5) is 16.5 Å². The number of benzene rings is 2. The first-order valence-electron chi connectivity index (χ1n) is 11.1. The second-order valence-corrected chi connectivity index (χ2v) is 9.22. The van der Waals surface area contributed by atoms with E-state index in [0.29, 0.717) is 36.1 Å². The molecular formula is C24H26N4O5S. The summed E-state index contributed by atoms with van der Waals surface area (Å²) in [5.74, 6) is 0.395. The first-order valence-corrected chi connectivity index (χ1v) is 11.9. The molecule has 0 spiro atoms. The van der Waals surface area contributed by atoms with E-state index in [9.17, 15) is 9.59 Å². The third-order valence-electron chi connectivity index (χ3n) is 6.10. The third kappa shape index (κ3) is 4.38. The van der Waals surface area contributed by atoms with Crippen LogP contribution in [0.3, 0.4) is 0 Å². The zero-order valence-corrected chi connectivity index (χ0v) is 19.9. The predicted octanol–water partition coefficient (Wildman–Crippen LogP) is 3.14. The minimum absolute atomic E-state index is 0.125. The number of anilines is 3. The van der Waals surface area contributed by atoms with Gasteiger partial charge < -0.3 is 29.3 Å². The zero-order valence-electron chi connectivity index (χ0n) is 19.1. The number of aromatic nitrogens is 1. The van der Waals surface area contributed by atoms with Gasteiger partial charge in [-0.1, -0.05) is 11.3 Å². The quantitative estimate of drug-likeness (QED) is 0.577. The van der Waals surface area contributed by atoms with Crippen LogP contribution in [0.15, 0.2) is 36.4 Å². The standard InChI is InChI=1S/C24H26N4O5S/c1-31-17-4-6-20(32-2)19(13-17)28-14-15(11-22(28)29)23(30)25-16-3-5-18-21(12-16)34-24(26-18)27-7-9-33-10-8-27/h3-6,12-13,15H,7-11,14H2,1-2H3,(H,25,30)/t15-/m0/s1. The van der Waals surface area contributed by atoms with Crippen molar-refractivity contribution in [2.24, 2.45) is 5.92 Å². The monoisotopic (exact) mass is 482 g/mol. The number of carbonyl (C=O) groups excluding carboxylic acids is 2. The number of morpholine rings is 1. The van der Waals surface area contributed by atoms with Crippen molar-refractivity contribution < 1.29 is 23.8 Å². The lowest BCUT2D eigenvalue weighted by Gasteiger charge is -2.25. The summed E-state index contributed by atoms with van der Waals surface area (Å²) in [6, 6.07) is 11.0. The maximum atomic E-state index is 13.0. The molecule has 2 saturated heterocycles. The van der Waals surface area contributed by atoms with E-state index in [1.807, 2.05) is 18.2 Å². The molecule has 0 saturated carbocycles. The molecule has 3 aromatic rings. The molecular weight excluding hydrogens is 456 g/mol. The SMILES string of the molecule is COc1ccc(OC)c(N2C[C@@H](C(=O)Nc3ccc4nc(N5CCOCC5)sc4c3)CC2=O)c1. The van der Waals surface area contributed by atoms with Gasteiger partial charge in [0.1, 0.15) is 11.5 Å². The van der Waals surface area contributed by atoms with E-state index in [-0.39, 0.29) is 24.8 Å². The Balaban J connectivity index is 1.29. The number of hydrogen-bond acceptors (Lipinski definition) is 8. The second kappa shape index (κ2) is 9.47. The Morgan fingerprint density at radius 2 is 1.97 bits per heavy atom. The van der Waals surface area contributed by atoms with Crippen molar-refractivity contribution in [3.05, 3.63) is 36.4 Å². The summed E-state index contributed by atoms with van der Waals surface area (Å²) >= 11 is 1.60. The molecule has 1 aromatic heterocycles. The molecule has 0 radical (unpaired) electrons. The first-order chi connectivity index (χ1) is 16.6. The first kappa shape index (κ1) is 22.4. The minimum atomic E-state index is -0.468. The Hall–Kier alpha value is -3.37. The van der Waals surface area contributed by atoms with Crippen LogP contribution in [-0.2, 0) is 14.3 Å². The van der Waals surface area contributed by atoms with Crippen molar-refractivity contribution in [3.8, 4) is 11.5 Å². The van der Waals surface area contributed by atoms with E-state index >= 15 is 0 Å². The van der Waals surface area contributed by atoms with Crippen LogP contribution in [0, 0.1) is 5.92 Å². The fourth-order valence-electron chi connectivity index (χ4n) is 4.25. The Morgan fingerprint density at radius 3 is 2.74 bits per heavy atom. The minimum Gasteiger partial charge on any atom is -0.497 e. The van der Waals surface area contributed by atoms with Gasteiger partial charge in [0, 0.05) is 37.8 Å². The molecule has 5 rings (SSSR count). The molecule has 10 heteroatoms. The summed E-state index contributed by atoms with van der Waals surface area (Å²) in [5.41, 5.74) is 2.19. The van der Waals surface area contributed by atoms with Crippen LogP contribution in [-0.4, -0.2) is 63.9 Å². The van der Waals surface area contributed by atoms with E-state index in [2.05, 4.69) is 10.2 Å². The molecule has 178 valence electrons. The Labute approximate surface area is 201 Å². The lowest BCUT2D eigenvalue weighted by molar-refractivity contribution is -0.122. The van der Waals surface area contributed by atoms with E-state index in [1.165, 1.54) is 0 Å². The van der Waals surface area contributed by atoms with Crippen LogP contribution in [0.1, 0.15) is 6.42 Å². The highest BCUT2D eigenvalue weighted by molar-refractivity contribution is 7.22. The molecule has 0 unspecified atom stereocenters. The molecule has 34 heavy (non-hydrogen) atoms. The van der Waals surface area contributed by atoms with Gasteiger partial charge in [0.2, 0.25) is 11.8 Å². The van der Waals surface area contributed by atoms with Gasteiger partial charge in [-0.25, -0.2) is 4.98 Å². The summed E-state index contributed by atoms with van der Waals surface area (Å²) in [7, 11) is 3.12. The fourth-order valence-corrected chi connectivity index (χ4v) is 5.30. The summed E-state index contributed by atoms with van der Waals surface area (Å²) in [4.78, 5) is 34.3. The van der Waals surface area contributed by atoms with E-state index in [0.717, 1.165) is 28.4 Å². The van der Waals surface area contributed by atoms with Crippen LogP contribution < -0.4 is 24.6 Å². The van der Waals surface area contributed by atoms with Crippen molar-refractivity contribution in [3.63, 3.8) is 0 Å². The zero-order chi connectivity index (χ0) is 23.7. The number of nitrogens with one attached hydrogen (secondary N) is 1. The average molecular weight is 483 g/mol. The number of thiazole rings is 1. The molecule has 3 heterocycles. The molecule has 2 aromatic carbocycles. The lowest BCUT2D eigenvalue weighted by atomic mass is 10.1. The number of rotatable bonds is 6. The summed E-state index contributed by atoms with van der Waals surface area (Å²) < 4.78 is 17.1. The van der Waals surface area contributed by atoms with Crippen molar-refractivity contribution in [1.29, 1.82) is 0 Å². The van der Waals surface area contributed by atoms with Gasteiger partial charge in [-0.3, -0.25) is 9.59 Å². The van der Waals surface area contributed by atoms with Gasteiger partial charge in [-0.2, -0.15) is 0 Å². The van der Waals surface area contributed by atoms with Crippen molar-refractivity contribution in [2.75, 3.05) is 62.2 Å². The number of carbonyl (C=O) groups is 2. The number of methoxy groups -OCH3 is 2. The number of fused-ring (bicyclic) bond motifs is 1. The lowest BCUT2D eigenvalue weighted by Crippen LogP contribution is -2.36. The maximum absolute atomic E-state index is 13.0. The average Bonchev–Trinajstić information content (AvgIpc) is 3.47. The van der Waals surface area contributed by atoms with Gasteiger partial charge in [0.15, 0.2) is 5.13 Å². The Kier molecular flexibility index (Phi) is 6.25. The Bertz CT molecular complexity index is 1220. The van der Waals surface area contributed by atoms with Crippen LogP contribution in [0.2, 0.25) is 0 Å². The molecule has 1 N–H and O–H groups in total. The fraction of sp³-hybridized carbons (Fsp3) is 0.375. The van der Waals surface area contributed by atoms with Gasteiger partial charge in [0.25, 0.3) is 0 Å². The molecule has 1 atom stereocenters. The van der Waals surface area contributed by atoms with Crippen LogP contribution in [0.5, 0.6) is 11.5 Å². The highest BCUT2D eigenvalue weighted by atomic mass is 32.1.